The molecule has 2 aliphatic carbocycles. The zero-order chi connectivity index (χ0) is 38.9. The number of pyridine rings is 1. The highest BCUT2D eigenvalue weighted by Gasteiger charge is 2.21. The van der Waals surface area contributed by atoms with Crippen LogP contribution in [0, 0.1) is 24.2 Å². The van der Waals surface area contributed by atoms with Crippen molar-refractivity contribution in [1.82, 2.24) is 9.55 Å². The van der Waals surface area contributed by atoms with Crippen LogP contribution in [0.15, 0.2) is 176 Å². The van der Waals surface area contributed by atoms with Crippen LogP contribution in [-0.4, -0.2) is 9.55 Å². The summed E-state index contributed by atoms with van der Waals surface area (Å²) in [4.78, 5) is 5.39. The number of hydrogen-bond donors (Lipinski definition) is 0. The molecule has 0 spiro atoms. The van der Waals surface area contributed by atoms with Gasteiger partial charge in [-0.15, -0.1) is 0 Å². The third-order valence-corrected chi connectivity index (χ3v) is 11.5. The van der Waals surface area contributed by atoms with Crippen molar-refractivity contribution in [2.24, 2.45) is 5.92 Å². The standard InChI is InChI=1S/C54H43N3/c1-36-21-23-43(32-45(36)34-48-38(3)53-37(2)15-9-5-4-6-14-20-50(53)56-54(48)42-16-10-7-11-17-42)40-24-26-41(27-25-40)44-28-30-51-49(33-44)47-29-22-39(35-55)31-52(47)57(51)46-18-12-8-13-19-46/h4-5,7-34,36-37H,6H2,1-3H3/b5-4-,15-9-,20-14?,45-34-. The molecule has 2 aromatic heterocycles. The fraction of sp³-hybridized carbons (Fsp3) is 0.111. The molecule has 5 aromatic carbocycles. The summed E-state index contributed by atoms with van der Waals surface area (Å²) in [6, 6.07) is 44.9. The summed E-state index contributed by atoms with van der Waals surface area (Å²) in [5.41, 5.74) is 16.7. The summed E-state index contributed by atoms with van der Waals surface area (Å²) in [5, 5.41) is 12.0. The van der Waals surface area contributed by atoms with Crippen molar-refractivity contribution in [2.75, 3.05) is 0 Å². The molecule has 0 aliphatic heterocycles. The lowest BCUT2D eigenvalue weighted by molar-refractivity contribution is 0.891. The molecule has 0 radical (unpaired) electrons. The first-order valence-electron chi connectivity index (χ1n) is 19.8. The van der Waals surface area contributed by atoms with Gasteiger partial charge in [-0.05, 0) is 107 Å². The number of nitrogens with zero attached hydrogens (tertiary/aromatic N) is 3. The lowest BCUT2D eigenvalue weighted by Crippen LogP contribution is -2.07. The predicted molar refractivity (Wildman–Crippen MR) is 240 cm³/mol. The van der Waals surface area contributed by atoms with E-state index in [4.69, 9.17) is 4.98 Å². The molecule has 2 atom stereocenters. The SMILES string of the molecule is Cc1c(/C=C2/C=C(c3ccc(-c4ccc5c(c4)c4ccc(C#N)cc4n5-c4ccccc4)cc3)C=CC2C)c(-c2ccccc2)nc2c1C(C)/C=C\C=C/CC=C2. The van der Waals surface area contributed by atoms with Gasteiger partial charge in [0.1, 0.15) is 0 Å². The number of para-hydroxylation sites is 1. The zero-order valence-electron chi connectivity index (χ0n) is 32.5. The summed E-state index contributed by atoms with van der Waals surface area (Å²) >= 11 is 0. The highest BCUT2D eigenvalue weighted by Crippen LogP contribution is 2.39. The molecule has 0 saturated heterocycles. The Hall–Kier alpha value is -7.02. The molecule has 0 fully saturated rings. The second kappa shape index (κ2) is 15.3. The Labute approximate surface area is 335 Å². The van der Waals surface area contributed by atoms with E-state index in [1.165, 1.54) is 38.8 Å². The molecule has 3 nitrogen and oxygen atoms in total. The van der Waals surface area contributed by atoms with E-state index >= 15 is 0 Å². The number of aromatic nitrogens is 2. The van der Waals surface area contributed by atoms with E-state index in [1.54, 1.807) is 0 Å². The zero-order valence-corrected chi connectivity index (χ0v) is 32.5. The molecule has 274 valence electrons. The van der Waals surface area contributed by atoms with Crippen LogP contribution in [0.1, 0.15) is 59.7 Å². The number of allylic oxidation sites excluding steroid dienone is 10. The minimum absolute atomic E-state index is 0.217. The summed E-state index contributed by atoms with van der Waals surface area (Å²) in [7, 11) is 0. The Kier molecular flexibility index (Phi) is 9.54. The molecule has 3 heteroatoms. The average Bonchev–Trinajstić information content (AvgIpc) is 3.58. The van der Waals surface area contributed by atoms with Gasteiger partial charge in [0.2, 0.25) is 0 Å². The Morgan fingerprint density at radius 2 is 1.44 bits per heavy atom. The molecular formula is C54H43N3. The van der Waals surface area contributed by atoms with Crippen molar-refractivity contribution in [3.05, 3.63) is 209 Å². The van der Waals surface area contributed by atoms with E-state index in [2.05, 4.69) is 195 Å². The first-order valence-corrected chi connectivity index (χ1v) is 19.8. The van der Waals surface area contributed by atoms with Gasteiger partial charge in [-0.2, -0.15) is 5.26 Å². The Morgan fingerprint density at radius 3 is 2.23 bits per heavy atom. The van der Waals surface area contributed by atoms with Gasteiger partial charge in [0.15, 0.2) is 0 Å². The van der Waals surface area contributed by atoms with E-state index in [0.717, 1.165) is 56.6 Å². The lowest BCUT2D eigenvalue weighted by atomic mass is 9.84. The van der Waals surface area contributed by atoms with Crippen LogP contribution >= 0.6 is 0 Å². The quantitative estimate of drug-likeness (QED) is 0.177. The van der Waals surface area contributed by atoms with Crippen LogP contribution in [0.5, 0.6) is 0 Å². The third kappa shape index (κ3) is 6.81. The van der Waals surface area contributed by atoms with Crippen LogP contribution in [0.4, 0.5) is 0 Å². The smallest absolute Gasteiger partial charge is 0.0992 e. The van der Waals surface area contributed by atoms with Crippen LogP contribution in [-0.2, 0) is 0 Å². The number of hydrogen-bond acceptors (Lipinski definition) is 2. The molecule has 9 rings (SSSR count). The van der Waals surface area contributed by atoms with Crippen LogP contribution in [0.3, 0.4) is 0 Å². The molecule has 57 heavy (non-hydrogen) atoms. The monoisotopic (exact) mass is 733 g/mol. The van der Waals surface area contributed by atoms with E-state index in [1.807, 2.05) is 18.2 Å². The molecule has 2 heterocycles. The maximum atomic E-state index is 9.70. The van der Waals surface area contributed by atoms with Crippen molar-refractivity contribution < 1.29 is 0 Å². The van der Waals surface area contributed by atoms with Gasteiger partial charge in [0.05, 0.1) is 34.1 Å². The first-order chi connectivity index (χ1) is 28.0. The minimum atomic E-state index is 0.217. The summed E-state index contributed by atoms with van der Waals surface area (Å²) < 4.78 is 2.26. The highest BCUT2D eigenvalue weighted by molar-refractivity contribution is 6.10. The second-order valence-corrected chi connectivity index (χ2v) is 15.1. The molecule has 2 unspecified atom stereocenters. The Bertz CT molecular complexity index is 2890. The van der Waals surface area contributed by atoms with Crippen molar-refractivity contribution in [2.45, 2.75) is 33.1 Å². The molecule has 7 aromatic rings. The van der Waals surface area contributed by atoms with Crippen molar-refractivity contribution in [3.8, 4) is 34.1 Å². The largest absolute Gasteiger partial charge is 0.309 e. The van der Waals surface area contributed by atoms with Gasteiger partial charge in [-0.1, -0.05) is 147 Å². The van der Waals surface area contributed by atoms with E-state index in [0.29, 0.717) is 5.56 Å². The Morgan fingerprint density at radius 1 is 0.684 bits per heavy atom. The van der Waals surface area contributed by atoms with Crippen molar-refractivity contribution in [3.63, 3.8) is 0 Å². The fourth-order valence-electron chi connectivity index (χ4n) is 8.41. The second-order valence-electron chi connectivity index (χ2n) is 15.1. The van der Waals surface area contributed by atoms with Gasteiger partial charge >= 0.3 is 0 Å². The maximum absolute atomic E-state index is 9.70. The van der Waals surface area contributed by atoms with Crippen molar-refractivity contribution >= 4 is 39.5 Å². The normalized spacial score (nSPS) is 18.3. The van der Waals surface area contributed by atoms with E-state index in [-0.39, 0.29) is 11.8 Å². The number of fused-ring (bicyclic) bond motifs is 4. The van der Waals surface area contributed by atoms with Gasteiger partial charge in [0, 0.05) is 33.5 Å². The van der Waals surface area contributed by atoms with Crippen LogP contribution in [0.25, 0.3) is 67.6 Å². The van der Waals surface area contributed by atoms with Gasteiger partial charge in [-0.25, -0.2) is 4.98 Å². The molecule has 0 amide bonds. The highest BCUT2D eigenvalue weighted by atomic mass is 15.0. The number of rotatable bonds is 5. The molecule has 0 bridgehead atoms. The molecular weight excluding hydrogens is 691 g/mol. The van der Waals surface area contributed by atoms with Gasteiger partial charge < -0.3 is 4.57 Å². The predicted octanol–water partition coefficient (Wildman–Crippen LogP) is 14.0. The van der Waals surface area contributed by atoms with Crippen molar-refractivity contribution in [1.29, 1.82) is 5.26 Å². The number of benzene rings is 5. The molecule has 2 aliphatic rings. The summed E-state index contributed by atoms with van der Waals surface area (Å²) in [5.74, 6) is 0.468. The van der Waals surface area contributed by atoms with Gasteiger partial charge in [-0.3, -0.25) is 0 Å². The first kappa shape index (κ1) is 35.7. The minimum Gasteiger partial charge on any atom is -0.309 e. The number of nitriles is 1. The van der Waals surface area contributed by atoms with E-state index in [9.17, 15) is 5.26 Å². The molecule has 0 N–H and O–H groups in total. The molecule has 0 saturated carbocycles. The van der Waals surface area contributed by atoms with E-state index < -0.39 is 0 Å². The van der Waals surface area contributed by atoms with Gasteiger partial charge in [0.25, 0.3) is 0 Å². The fourth-order valence-corrected chi connectivity index (χ4v) is 8.41. The topological polar surface area (TPSA) is 41.6 Å². The van der Waals surface area contributed by atoms with Crippen LogP contribution in [0.2, 0.25) is 0 Å². The van der Waals surface area contributed by atoms with Crippen LogP contribution < -0.4 is 0 Å². The maximum Gasteiger partial charge on any atom is 0.0992 e. The summed E-state index contributed by atoms with van der Waals surface area (Å²) in [6.07, 6.45) is 23.4. The lowest BCUT2D eigenvalue weighted by Gasteiger charge is -2.22. The Balaban J connectivity index is 1.10. The third-order valence-electron chi connectivity index (χ3n) is 11.5. The average molecular weight is 734 g/mol. The summed E-state index contributed by atoms with van der Waals surface area (Å²) in [6.45, 7) is 6.82.